The fourth-order valence-corrected chi connectivity index (χ4v) is 5.77. The van der Waals surface area contributed by atoms with E-state index in [1.54, 1.807) is 43.3 Å². The molecule has 12 heteroatoms. The Balaban J connectivity index is 2.04. The van der Waals surface area contributed by atoms with E-state index in [0.717, 1.165) is 4.31 Å². The number of nitrogens with zero attached hydrogens (tertiary/aromatic N) is 2. The van der Waals surface area contributed by atoms with Crippen molar-refractivity contribution >= 4 is 62.3 Å². The summed E-state index contributed by atoms with van der Waals surface area (Å²) in [5.41, 5.74) is 0.775. The molecule has 3 aromatic carbocycles. The summed E-state index contributed by atoms with van der Waals surface area (Å²) in [6.07, 6.45) is 0. The zero-order valence-corrected chi connectivity index (χ0v) is 24.6. The van der Waals surface area contributed by atoms with Gasteiger partial charge in [0.25, 0.3) is 10.0 Å². The fraction of sp³-hybridized carbons (Fsp3) is 0.259. The molecule has 0 spiro atoms. The number of carbonyl (C=O) groups is 2. The molecule has 1 atom stereocenters. The van der Waals surface area contributed by atoms with Crippen molar-refractivity contribution in [1.82, 2.24) is 10.2 Å². The lowest BCUT2D eigenvalue weighted by Gasteiger charge is -2.32. The van der Waals surface area contributed by atoms with Crippen LogP contribution in [0.1, 0.15) is 19.4 Å². The second-order valence-electron chi connectivity index (χ2n) is 8.44. The Labute approximate surface area is 243 Å². The first-order valence-corrected chi connectivity index (χ1v) is 14.5. The van der Waals surface area contributed by atoms with Crippen LogP contribution in [0.15, 0.2) is 71.6 Å². The van der Waals surface area contributed by atoms with Crippen molar-refractivity contribution in [3.05, 3.63) is 87.4 Å². The van der Waals surface area contributed by atoms with Crippen LogP contribution in [-0.2, 0) is 26.2 Å². The Kier molecular flexibility index (Phi) is 10.5. The molecule has 3 aromatic rings. The van der Waals surface area contributed by atoms with E-state index in [1.807, 2.05) is 6.92 Å². The van der Waals surface area contributed by atoms with Gasteiger partial charge in [-0.05, 0) is 80.1 Å². The minimum absolute atomic E-state index is 0.0540. The van der Waals surface area contributed by atoms with Crippen LogP contribution in [0.25, 0.3) is 0 Å². The van der Waals surface area contributed by atoms with Crippen LogP contribution in [0.2, 0.25) is 15.1 Å². The molecule has 0 aromatic heterocycles. The van der Waals surface area contributed by atoms with E-state index in [2.05, 4.69) is 5.32 Å². The van der Waals surface area contributed by atoms with Crippen LogP contribution < -0.4 is 14.4 Å². The van der Waals surface area contributed by atoms with Crippen molar-refractivity contribution in [2.24, 2.45) is 0 Å². The van der Waals surface area contributed by atoms with Crippen molar-refractivity contribution in [2.45, 2.75) is 31.3 Å². The zero-order chi connectivity index (χ0) is 28.7. The number of ether oxygens (including phenoxy) is 1. The molecule has 2 amide bonds. The summed E-state index contributed by atoms with van der Waals surface area (Å²) in [4.78, 5) is 27.6. The number of sulfonamides is 1. The number of amides is 2. The smallest absolute Gasteiger partial charge is 0.264 e. The first-order chi connectivity index (χ1) is 18.5. The average molecular weight is 613 g/mol. The van der Waals surface area contributed by atoms with Gasteiger partial charge < -0.3 is 15.0 Å². The van der Waals surface area contributed by atoms with Gasteiger partial charge in [0.15, 0.2) is 0 Å². The summed E-state index contributed by atoms with van der Waals surface area (Å²) in [6, 6.07) is 15.8. The minimum atomic E-state index is -4.22. The summed E-state index contributed by atoms with van der Waals surface area (Å²) in [5, 5.41) is 3.61. The summed E-state index contributed by atoms with van der Waals surface area (Å²) in [7, 11) is -2.77. The molecule has 0 aliphatic rings. The minimum Gasteiger partial charge on any atom is -0.494 e. The largest absolute Gasteiger partial charge is 0.494 e. The van der Waals surface area contributed by atoms with Crippen molar-refractivity contribution in [1.29, 1.82) is 0 Å². The fourth-order valence-electron chi connectivity index (χ4n) is 3.76. The third-order valence-corrected chi connectivity index (χ3v) is 8.51. The molecule has 0 aliphatic carbocycles. The van der Waals surface area contributed by atoms with E-state index in [9.17, 15) is 18.0 Å². The van der Waals surface area contributed by atoms with Gasteiger partial charge in [0.1, 0.15) is 18.3 Å². The number of carbonyl (C=O) groups excluding carboxylic acids is 2. The lowest BCUT2D eigenvalue weighted by molar-refractivity contribution is -0.139. The maximum absolute atomic E-state index is 13.8. The number of hydrogen-bond donors (Lipinski definition) is 1. The van der Waals surface area contributed by atoms with Crippen molar-refractivity contribution < 1.29 is 22.7 Å². The highest BCUT2D eigenvalue weighted by Gasteiger charge is 2.32. The lowest BCUT2D eigenvalue weighted by Crippen LogP contribution is -2.50. The Morgan fingerprint density at radius 1 is 0.949 bits per heavy atom. The molecular weight excluding hydrogens is 585 g/mol. The van der Waals surface area contributed by atoms with E-state index in [1.165, 1.54) is 42.3 Å². The van der Waals surface area contributed by atoms with E-state index >= 15 is 0 Å². The van der Waals surface area contributed by atoms with Crippen LogP contribution in [0.5, 0.6) is 5.75 Å². The number of halogens is 3. The van der Waals surface area contributed by atoms with Crippen molar-refractivity contribution in [3.8, 4) is 5.75 Å². The quantitative estimate of drug-likeness (QED) is 0.313. The van der Waals surface area contributed by atoms with Gasteiger partial charge in [0.2, 0.25) is 11.8 Å². The summed E-state index contributed by atoms with van der Waals surface area (Å²) in [6.45, 7) is 3.17. The summed E-state index contributed by atoms with van der Waals surface area (Å²) < 4.78 is 34.0. The Hall–Kier alpha value is -2.98. The highest BCUT2D eigenvalue weighted by atomic mass is 35.5. The van der Waals surface area contributed by atoms with Crippen LogP contribution in [0.3, 0.4) is 0 Å². The summed E-state index contributed by atoms with van der Waals surface area (Å²) >= 11 is 18.3. The third-order valence-electron chi connectivity index (χ3n) is 5.89. The highest BCUT2D eigenvalue weighted by Crippen LogP contribution is 2.28. The number of benzene rings is 3. The molecule has 0 heterocycles. The predicted octanol–water partition coefficient (Wildman–Crippen LogP) is 5.40. The number of anilines is 1. The normalized spacial score (nSPS) is 11.9. The van der Waals surface area contributed by atoms with Crippen LogP contribution in [-0.4, -0.2) is 51.4 Å². The van der Waals surface area contributed by atoms with Gasteiger partial charge in [-0.2, -0.15) is 0 Å². The van der Waals surface area contributed by atoms with Crippen molar-refractivity contribution in [2.75, 3.05) is 24.5 Å². The predicted molar refractivity (Wildman–Crippen MR) is 154 cm³/mol. The van der Waals surface area contributed by atoms with E-state index < -0.39 is 34.4 Å². The molecular formula is C27H28Cl3N3O5S. The Bertz CT molecular complexity index is 1420. The molecule has 0 saturated heterocycles. The maximum atomic E-state index is 13.8. The van der Waals surface area contributed by atoms with Crippen LogP contribution in [0, 0.1) is 0 Å². The molecule has 208 valence electrons. The second-order valence-corrected chi connectivity index (χ2v) is 11.6. The van der Waals surface area contributed by atoms with Gasteiger partial charge in [-0.3, -0.25) is 13.9 Å². The molecule has 0 radical (unpaired) electrons. The first-order valence-electron chi connectivity index (χ1n) is 11.9. The molecule has 0 fully saturated rings. The molecule has 0 saturated carbocycles. The van der Waals surface area contributed by atoms with E-state index in [0.29, 0.717) is 33.0 Å². The zero-order valence-electron chi connectivity index (χ0n) is 21.5. The molecule has 0 bridgehead atoms. The van der Waals surface area contributed by atoms with Gasteiger partial charge in [-0.1, -0.05) is 40.9 Å². The van der Waals surface area contributed by atoms with Crippen LogP contribution in [0.4, 0.5) is 5.69 Å². The van der Waals surface area contributed by atoms with Gasteiger partial charge >= 0.3 is 0 Å². The van der Waals surface area contributed by atoms with Gasteiger partial charge in [-0.15, -0.1) is 0 Å². The number of hydrogen-bond acceptors (Lipinski definition) is 5. The lowest BCUT2D eigenvalue weighted by atomic mass is 10.1. The Morgan fingerprint density at radius 3 is 2.13 bits per heavy atom. The van der Waals surface area contributed by atoms with E-state index in [4.69, 9.17) is 39.5 Å². The average Bonchev–Trinajstić information content (AvgIpc) is 2.91. The maximum Gasteiger partial charge on any atom is 0.264 e. The SMILES string of the molecule is CCOc1ccc(N(CC(=O)N(Cc2ccc(Cl)cc2Cl)C(C)C(=O)NC)S(=O)(=O)c2ccc(Cl)cc2)cc1. The second kappa shape index (κ2) is 13.4. The number of rotatable bonds is 11. The molecule has 0 aliphatic heterocycles. The molecule has 39 heavy (non-hydrogen) atoms. The highest BCUT2D eigenvalue weighted by molar-refractivity contribution is 7.92. The topological polar surface area (TPSA) is 96.0 Å². The summed E-state index contributed by atoms with van der Waals surface area (Å²) in [5.74, 6) is -0.506. The standard InChI is InChI=1S/C27H28Cl3N3O5S/c1-4-38-23-11-9-22(10-12-23)33(39(36,37)24-13-7-20(28)8-14-24)17-26(34)32(18(2)27(35)31-3)16-19-5-6-21(29)15-25(19)30/h5-15,18H,4,16-17H2,1-3H3,(H,31,35). The molecule has 1 N–H and O–H groups in total. The Morgan fingerprint density at radius 2 is 1.56 bits per heavy atom. The van der Waals surface area contributed by atoms with E-state index in [-0.39, 0.29) is 17.1 Å². The first kappa shape index (κ1) is 30.6. The van der Waals surface area contributed by atoms with Gasteiger partial charge in [0.05, 0.1) is 17.2 Å². The monoisotopic (exact) mass is 611 g/mol. The molecule has 1 unspecified atom stereocenters. The molecule has 8 nitrogen and oxygen atoms in total. The van der Waals surface area contributed by atoms with Gasteiger partial charge in [-0.25, -0.2) is 8.42 Å². The number of nitrogens with one attached hydrogen (secondary N) is 1. The molecule has 3 rings (SSSR count). The van der Waals surface area contributed by atoms with Gasteiger partial charge in [0, 0.05) is 28.7 Å². The van der Waals surface area contributed by atoms with Crippen LogP contribution >= 0.6 is 34.8 Å². The third kappa shape index (κ3) is 7.57. The number of likely N-dealkylation sites (N-methyl/N-ethyl adjacent to an activating group) is 1. The van der Waals surface area contributed by atoms with Crippen molar-refractivity contribution in [3.63, 3.8) is 0 Å².